The SMILES string of the molecule is CC(C)(C)c1cc(C(C)(C)CO)ccc1/C=C/Cc1ccn[nH]1. The van der Waals surface area contributed by atoms with Crippen LogP contribution < -0.4 is 0 Å². The minimum absolute atomic E-state index is 0.0508. The molecule has 0 aliphatic rings. The summed E-state index contributed by atoms with van der Waals surface area (Å²) in [5, 5.41) is 16.6. The fourth-order valence-corrected chi connectivity index (χ4v) is 2.57. The Hall–Kier alpha value is -1.87. The highest BCUT2D eigenvalue weighted by Crippen LogP contribution is 2.32. The fraction of sp³-hybridized carbons (Fsp3) is 0.450. The molecule has 0 bridgehead atoms. The van der Waals surface area contributed by atoms with Crippen LogP contribution in [0.1, 0.15) is 57.0 Å². The third kappa shape index (κ3) is 4.32. The average molecular weight is 312 g/mol. The van der Waals surface area contributed by atoms with Crippen LogP contribution in [0.3, 0.4) is 0 Å². The maximum atomic E-state index is 9.63. The number of nitrogens with zero attached hydrogens (tertiary/aromatic N) is 1. The minimum atomic E-state index is -0.224. The molecule has 0 saturated heterocycles. The van der Waals surface area contributed by atoms with Crippen LogP contribution in [0.25, 0.3) is 6.08 Å². The van der Waals surface area contributed by atoms with Crippen molar-refractivity contribution in [2.75, 3.05) is 6.61 Å². The maximum Gasteiger partial charge on any atom is 0.0522 e. The summed E-state index contributed by atoms with van der Waals surface area (Å²) in [7, 11) is 0. The summed E-state index contributed by atoms with van der Waals surface area (Å²) in [4.78, 5) is 0. The minimum Gasteiger partial charge on any atom is -0.395 e. The quantitative estimate of drug-likeness (QED) is 0.868. The van der Waals surface area contributed by atoms with E-state index in [9.17, 15) is 5.11 Å². The fourth-order valence-electron chi connectivity index (χ4n) is 2.57. The number of allylic oxidation sites excluding steroid dienone is 1. The number of hydrogen-bond donors (Lipinski definition) is 2. The lowest BCUT2D eigenvalue weighted by molar-refractivity contribution is 0.218. The molecule has 1 aromatic carbocycles. The van der Waals surface area contributed by atoms with Crippen molar-refractivity contribution in [1.82, 2.24) is 10.2 Å². The first-order valence-corrected chi connectivity index (χ1v) is 8.15. The van der Waals surface area contributed by atoms with Crippen molar-refractivity contribution in [1.29, 1.82) is 0 Å². The number of aliphatic hydroxyl groups excluding tert-OH is 1. The highest BCUT2D eigenvalue weighted by Gasteiger charge is 2.23. The van der Waals surface area contributed by atoms with Crippen LogP contribution in [0.15, 0.2) is 36.5 Å². The Balaban J connectivity index is 2.33. The van der Waals surface area contributed by atoms with Gasteiger partial charge in [0.1, 0.15) is 0 Å². The van der Waals surface area contributed by atoms with Crippen molar-refractivity contribution in [2.24, 2.45) is 0 Å². The van der Waals surface area contributed by atoms with Crippen molar-refractivity contribution in [3.63, 3.8) is 0 Å². The number of H-pyrrole nitrogens is 1. The van der Waals surface area contributed by atoms with E-state index in [1.54, 1.807) is 6.20 Å². The van der Waals surface area contributed by atoms with Gasteiger partial charge in [0.25, 0.3) is 0 Å². The molecule has 0 radical (unpaired) electrons. The third-order valence-electron chi connectivity index (χ3n) is 4.23. The summed E-state index contributed by atoms with van der Waals surface area (Å²) >= 11 is 0. The van der Waals surface area contributed by atoms with Crippen LogP contribution in [-0.2, 0) is 17.3 Å². The van der Waals surface area contributed by atoms with Gasteiger partial charge in [0, 0.05) is 23.7 Å². The summed E-state index contributed by atoms with van der Waals surface area (Å²) in [6.07, 6.45) is 6.95. The molecule has 0 unspecified atom stereocenters. The zero-order valence-electron chi connectivity index (χ0n) is 14.9. The number of aromatic nitrogens is 2. The Morgan fingerprint density at radius 1 is 1.13 bits per heavy atom. The van der Waals surface area contributed by atoms with E-state index in [1.807, 2.05) is 6.07 Å². The molecule has 0 spiro atoms. The van der Waals surface area contributed by atoms with Crippen molar-refractivity contribution in [3.05, 3.63) is 58.9 Å². The first-order chi connectivity index (χ1) is 10.7. The topological polar surface area (TPSA) is 48.9 Å². The molecule has 0 saturated carbocycles. The predicted octanol–water partition coefficient (Wildman–Crippen LogP) is 4.23. The second-order valence-electron chi connectivity index (χ2n) is 7.78. The van der Waals surface area contributed by atoms with Gasteiger partial charge < -0.3 is 5.11 Å². The van der Waals surface area contributed by atoms with Gasteiger partial charge >= 0.3 is 0 Å². The Labute approximate surface area is 139 Å². The summed E-state index contributed by atoms with van der Waals surface area (Å²) in [5.41, 5.74) is 4.65. The molecular weight excluding hydrogens is 284 g/mol. The van der Waals surface area contributed by atoms with E-state index in [4.69, 9.17) is 0 Å². The number of hydrogen-bond acceptors (Lipinski definition) is 2. The standard InChI is InChI=1S/C20H28N2O/c1-19(2,3)18-13-16(20(4,5)14-23)10-9-15(18)7-6-8-17-11-12-21-22-17/h6-7,9-13,23H,8,14H2,1-5H3,(H,21,22)/b7-6+. The molecule has 0 amide bonds. The lowest BCUT2D eigenvalue weighted by Crippen LogP contribution is -2.23. The second kappa shape index (κ2) is 6.71. The molecule has 23 heavy (non-hydrogen) atoms. The number of aliphatic hydroxyl groups is 1. The zero-order chi connectivity index (χ0) is 17.1. The van der Waals surface area contributed by atoms with E-state index in [1.165, 1.54) is 16.7 Å². The van der Waals surface area contributed by atoms with Crippen LogP contribution >= 0.6 is 0 Å². The summed E-state index contributed by atoms with van der Waals surface area (Å²) in [6, 6.07) is 8.52. The highest BCUT2D eigenvalue weighted by atomic mass is 16.3. The molecule has 0 aliphatic heterocycles. The van der Waals surface area contributed by atoms with Crippen LogP contribution in [-0.4, -0.2) is 21.9 Å². The predicted molar refractivity (Wildman–Crippen MR) is 96.6 cm³/mol. The van der Waals surface area contributed by atoms with Crippen molar-refractivity contribution in [2.45, 2.75) is 51.9 Å². The van der Waals surface area contributed by atoms with E-state index >= 15 is 0 Å². The number of nitrogens with one attached hydrogen (secondary N) is 1. The lowest BCUT2D eigenvalue weighted by Gasteiger charge is -2.28. The van der Waals surface area contributed by atoms with E-state index in [0.29, 0.717) is 0 Å². The van der Waals surface area contributed by atoms with Crippen LogP contribution in [0.2, 0.25) is 0 Å². The molecule has 2 rings (SSSR count). The number of rotatable bonds is 5. The molecule has 3 nitrogen and oxygen atoms in total. The van der Waals surface area contributed by atoms with Gasteiger partial charge in [-0.15, -0.1) is 0 Å². The van der Waals surface area contributed by atoms with Crippen LogP contribution in [0.4, 0.5) is 0 Å². The molecule has 2 aromatic rings. The van der Waals surface area contributed by atoms with Crippen LogP contribution in [0, 0.1) is 0 Å². The highest BCUT2D eigenvalue weighted by molar-refractivity contribution is 5.57. The van der Waals surface area contributed by atoms with Gasteiger partial charge in [0.05, 0.1) is 6.61 Å². The Morgan fingerprint density at radius 3 is 2.43 bits per heavy atom. The van der Waals surface area contributed by atoms with Crippen molar-refractivity contribution >= 4 is 6.08 Å². The molecule has 1 heterocycles. The van der Waals surface area contributed by atoms with E-state index in [2.05, 4.69) is 75.2 Å². The van der Waals surface area contributed by atoms with Gasteiger partial charge in [0.15, 0.2) is 0 Å². The molecule has 1 aromatic heterocycles. The van der Waals surface area contributed by atoms with Gasteiger partial charge in [-0.2, -0.15) is 5.10 Å². The first-order valence-electron chi connectivity index (χ1n) is 8.15. The van der Waals surface area contributed by atoms with Gasteiger partial charge in [0.2, 0.25) is 0 Å². The van der Waals surface area contributed by atoms with Crippen molar-refractivity contribution in [3.8, 4) is 0 Å². The molecule has 3 heteroatoms. The molecular formula is C20H28N2O. The van der Waals surface area contributed by atoms with Gasteiger partial charge in [-0.3, -0.25) is 5.10 Å². The summed E-state index contributed by atoms with van der Waals surface area (Å²) in [5.74, 6) is 0. The Bertz CT molecular complexity index is 661. The van der Waals surface area contributed by atoms with Gasteiger partial charge in [-0.1, -0.05) is 65.0 Å². The molecule has 124 valence electrons. The monoisotopic (exact) mass is 312 g/mol. The van der Waals surface area contributed by atoms with Gasteiger partial charge in [-0.05, 0) is 28.2 Å². The second-order valence-corrected chi connectivity index (χ2v) is 7.78. The molecule has 2 N–H and O–H groups in total. The normalized spacial score (nSPS) is 13.0. The number of aromatic amines is 1. The maximum absolute atomic E-state index is 9.63. The molecule has 0 aliphatic carbocycles. The lowest BCUT2D eigenvalue weighted by atomic mass is 9.78. The average Bonchev–Trinajstić information content (AvgIpc) is 2.99. The van der Waals surface area contributed by atoms with E-state index in [-0.39, 0.29) is 17.4 Å². The van der Waals surface area contributed by atoms with Crippen molar-refractivity contribution < 1.29 is 5.11 Å². The molecule has 0 fully saturated rings. The number of benzene rings is 1. The Kier molecular flexibility index (Phi) is 5.10. The molecule has 0 atom stereocenters. The zero-order valence-corrected chi connectivity index (χ0v) is 14.9. The summed E-state index contributed by atoms with van der Waals surface area (Å²) in [6.45, 7) is 11.0. The van der Waals surface area contributed by atoms with E-state index in [0.717, 1.165) is 12.1 Å². The van der Waals surface area contributed by atoms with Crippen LogP contribution in [0.5, 0.6) is 0 Å². The van der Waals surface area contributed by atoms with E-state index < -0.39 is 0 Å². The third-order valence-corrected chi connectivity index (χ3v) is 4.23. The summed E-state index contributed by atoms with van der Waals surface area (Å²) < 4.78 is 0. The Morgan fingerprint density at radius 2 is 1.87 bits per heavy atom. The smallest absolute Gasteiger partial charge is 0.0522 e. The van der Waals surface area contributed by atoms with Gasteiger partial charge in [-0.25, -0.2) is 0 Å². The first kappa shape index (κ1) is 17.5. The largest absolute Gasteiger partial charge is 0.395 e.